The van der Waals surface area contributed by atoms with Crippen molar-refractivity contribution >= 4 is 0 Å². The maximum Gasteiger partial charge on any atom is 0.0791 e. The third-order valence-electron chi connectivity index (χ3n) is 2.06. The van der Waals surface area contributed by atoms with E-state index in [-0.39, 0.29) is 0 Å². The Bertz CT molecular complexity index is 136. The molecule has 0 bridgehead atoms. The molecule has 0 saturated heterocycles. The predicted octanol–water partition coefficient (Wildman–Crippen LogP) is 4.36. The van der Waals surface area contributed by atoms with E-state index >= 15 is 0 Å². The van der Waals surface area contributed by atoms with Gasteiger partial charge in [-0.1, -0.05) is 51.2 Å². The molecule has 0 aliphatic rings. The van der Waals surface area contributed by atoms with Crippen LogP contribution in [0.5, 0.6) is 0 Å². The lowest BCUT2D eigenvalue weighted by Gasteiger charge is -1.96. The second-order valence-corrected chi connectivity index (χ2v) is 3.33. The zero-order valence-corrected chi connectivity index (χ0v) is 8.71. The summed E-state index contributed by atoms with van der Waals surface area (Å²) in [7, 11) is 0. The lowest BCUT2D eigenvalue weighted by Crippen LogP contribution is -1.77. The Morgan fingerprint density at radius 1 is 0.923 bits per heavy atom. The molecule has 0 aromatic rings. The number of aliphatic hydroxyl groups excluding tert-OH is 1. The molecule has 0 saturated carbocycles. The van der Waals surface area contributed by atoms with E-state index in [9.17, 15) is 0 Å². The van der Waals surface area contributed by atoms with E-state index in [1.807, 2.05) is 6.08 Å². The van der Waals surface area contributed by atoms with Crippen molar-refractivity contribution in [3.8, 4) is 0 Å². The SMILES string of the molecule is CCCCCCCCC=C/C=C\O. The Morgan fingerprint density at radius 2 is 1.62 bits per heavy atom. The van der Waals surface area contributed by atoms with Crippen LogP contribution in [0.1, 0.15) is 51.9 Å². The molecule has 0 aliphatic heterocycles. The van der Waals surface area contributed by atoms with Crippen LogP contribution in [0.15, 0.2) is 24.5 Å². The molecule has 0 aliphatic carbocycles. The molecular formula is C12H22O. The maximum absolute atomic E-state index is 8.33. The Morgan fingerprint density at radius 3 is 2.31 bits per heavy atom. The fourth-order valence-electron chi connectivity index (χ4n) is 1.27. The van der Waals surface area contributed by atoms with Crippen molar-refractivity contribution in [3.05, 3.63) is 24.5 Å². The fraction of sp³-hybridized carbons (Fsp3) is 0.667. The van der Waals surface area contributed by atoms with Gasteiger partial charge in [-0.05, 0) is 18.9 Å². The van der Waals surface area contributed by atoms with E-state index in [4.69, 9.17) is 5.11 Å². The van der Waals surface area contributed by atoms with Gasteiger partial charge in [0.2, 0.25) is 0 Å². The van der Waals surface area contributed by atoms with E-state index < -0.39 is 0 Å². The molecule has 0 fully saturated rings. The summed E-state index contributed by atoms with van der Waals surface area (Å²) in [4.78, 5) is 0. The van der Waals surface area contributed by atoms with Crippen molar-refractivity contribution in [2.45, 2.75) is 51.9 Å². The summed E-state index contributed by atoms with van der Waals surface area (Å²) in [5.41, 5.74) is 0. The smallest absolute Gasteiger partial charge is 0.0791 e. The second-order valence-electron chi connectivity index (χ2n) is 3.33. The first kappa shape index (κ1) is 12.3. The zero-order valence-electron chi connectivity index (χ0n) is 8.71. The average molecular weight is 182 g/mol. The van der Waals surface area contributed by atoms with Crippen LogP contribution in [0.3, 0.4) is 0 Å². The van der Waals surface area contributed by atoms with Crippen LogP contribution >= 0.6 is 0 Å². The molecule has 76 valence electrons. The van der Waals surface area contributed by atoms with Crippen LogP contribution in [0.2, 0.25) is 0 Å². The molecule has 0 atom stereocenters. The minimum absolute atomic E-state index is 1.07. The van der Waals surface area contributed by atoms with Gasteiger partial charge >= 0.3 is 0 Å². The Hall–Kier alpha value is -0.720. The largest absolute Gasteiger partial charge is 0.516 e. The van der Waals surface area contributed by atoms with Crippen LogP contribution in [0.25, 0.3) is 0 Å². The summed E-state index contributed by atoms with van der Waals surface area (Å²) in [5, 5.41) is 8.33. The van der Waals surface area contributed by atoms with Crippen molar-refractivity contribution in [1.82, 2.24) is 0 Å². The number of hydrogen-bond donors (Lipinski definition) is 1. The number of aliphatic hydroxyl groups is 1. The highest BCUT2D eigenvalue weighted by molar-refractivity contribution is 4.98. The van der Waals surface area contributed by atoms with Gasteiger partial charge in [0.25, 0.3) is 0 Å². The van der Waals surface area contributed by atoms with Gasteiger partial charge in [0.15, 0.2) is 0 Å². The lowest BCUT2D eigenvalue weighted by atomic mass is 10.1. The highest BCUT2D eigenvalue weighted by atomic mass is 16.2. The first-order valence-corrected chi connectivity index (χ1v) is 5.37. The Kier molecular flexibility index (Phi) is 10.7. The molecule has 0 aromatic carbocycles. The van der Waals surface area contributed by atoms with E-state index in [0.717, 1.165) is 12.7 Å². The third kappa shape index (κ3) is 11.3. The number of rotatable bonds is 8. The quantitative estimate of drug-likeness (QED) is 0.336. The maximum atomic E-state index is 8.33. The molecule has 1 nitrogen and oxygen atoms in total. The van der Waals surface area contributed by atoms with Crippen molar-refractivity contribution in [2.24, 2.45) is 0 Å². The molecule has 0 aromatic heterocycles. The first-order valence-electron chi connectivity index (χ1n) is 5.37. The van der Waals surface area contributed by atoms with Crippen LogP contribution in [0.4, 0.5) is 0 Å². The highest BCUT2D eigenvalue weighted by Crippen LogP contribution is 2.06. The molecule has 0 radical (unpaired) electrons. The van der Waals surface area contributed by atoms with Gasteiger partial charge < -0.3 is 5.11 Å². The molecule has 1 heteroatoms. The van der Waals surface area contributed by atoms with Crippen molar-refractivity contribution < 1.29 is 5.11 Å². The molecule has 0 amide bonds. The summed E-state index contributed by atoms with van der Waals surface area (Å²) in [6.45, 7) is 2.24. The van der Waals surface area contributed by atoms with Gasteiger partial charge in [0.1, 0.15) is 0 Å². The van der Waals surface area contributed by atoms with E-state index in [1.54, 1.807) is 6.08 Å². The van der Waals surface area contributed by atoms with Gasteiger partial charge in [0.05, 0.1) is 6.26 Å². The molecule has 0 unspecified atom stereocenters. The molecule has 0 heterocycles. The van der Waals surface area contributed by atoms with Gasteiger partial charge in [-0.2, -0.15) is 0 Å². The summed E-state index contributed by atoms with van der Waals surface area (Å²) in [6, 6.07) is 0. The Balaban J connectivity index is 2.99. The number of hydrogen-bond acceptors (Lipinski definition) is 1. The standard InChI is InChI=1S/C12H22O/c1-2-3-4-5-6-7-8-9-10-11-12-13/h9-13H,2-8H2,1H3/b10-9?,12-11-. The van der Waals surface area contributed by atoms with Crippen molar-refractivity contribution in [2.75, 3.05) is 0 Å². The fourth-order valence-corrected chi connectivity index (χ4v) is 1.27. The average Bonchev–Trinajstić information content (AvgIpc) is 2.16. The monoisotopic (exact) mass is 182 g/mol. The highest BCUT2D eigenvalue weighted by Gasteiger charge is 1.87. The first-order chi connectivity index (χ1) is 6.41. The molecular weight excluding hydrogens is 160 g/mol. The molecule has 0 spiro atoms. The van der Waals surface area contributed by atoms with Crippen LogP contribution in [-0.4, -0.2) is 5.11 Å². The van der Waals surface area contributed by atoms with Crippen LogP contribution < -0.4 is 0 Å². The summed E-state index contributed by atoms with van der Waals surface area (Å²) >= 11 is 0. The van der Waals surface area contributed by atoms with E-state index in [1.165, 1.54) is 38.5 Å². The summed E-state index contributed by atoms with van der Waals surface area (Å²) in [5.74, 6) is 0. The third-order valence-corrected chi connectivity index (χ3v) is 2.06. The van der Waals surface area contributed by atoms with Crippen LogP contribution in [-0.2, 0) is 0 Å². The predicted molar refractivity (Wildman–Crippen MR) is 58.9 cm³/mol. The zero-order chi connectivity index (χ0) is 9.78. The van der Waals surface area contributed by atoms with Gasteiger partial charge in [0, 0.05) is 0 Å². The Labute approximate surface area is 82.2 Å². The normalized spacial score (nSPS) is 11.8. The van der Waals surface area contributed by atoms with E-state index in [2.05, 4.69) is 13.0 Å². The second kappa shape index (κ2) is 11.3. The minimum Gasteiger partial charge on any atom is -0.516 e. The topological polar surface area (TPSA) is 20.2 Å². The molecule has 1 N–H and O–H groups in total. The van der Waals surface area contributed by atoms with Gasteiger partial charge in [-0.25, -0.2) is 0 Å². The minimum atomic E-state index is 1.07. The number of unbranched alkanes of at least 4 members (excludes halogenated alkanes) is 6. The number of allylic oxidation sites excluding steroid dienone is 3. The molecule has 0 rings (SSSR count). The van der Waals surface area contributed by atoms with Gasteiger partial charge in [-0.3, -0.25) is 0 Å². The van der Waals surface area contributed by atoms with E-state index in [0.29, 0.717) is 0 Å². The van der Waals surface area contributed by atoms with Gasteiger partial charge in [-0.15, -0.1) is 0 Å². The van der Waals surface area contributed by atoms with Crippen molar-refractivity contribution in [3.63, 3.8) is 0 Å². The lowest BCUT2D eigenvalue weighted by molar-refractivity contribution is 0.473. The summed E-state index contributed by atoms with van der Waals surface area (Å²) < 4.78 is 0. The van der Waals surface area contributed by atoms with Crippen LogP contribution in [0, 0.1) is 0 Å². The summed E-state index contributed by atoms with van der Waals surface area (Å²) in [6.07, 6.45) is 15.9. The van der Waals surface area contributed by atoms with Crippen molar-refractivity contribution in [1.29, 1.82) is 0 Å². The molecule has 13 heavy (non-hydrogen) atoms.